The fraction of sp³-hybridized carbons (Fsp3) is 0.387. The van der Waals surface area contributed by atoms with E-state index in [1.54, 1.807) is 4.90 Å². The number of benzene rings is 2. The number of hydrogen-bond acceptors (Lipinski definition) is 5. The van der Waals surface area contributed by atoms with Crippen LogP contribution in [0, 0.1) is 5.92 Å². The molecule has 2 atom stereocenters. The highest BCUT2D eigenvalue weighted by molar-refractivity contribution is 6.00. The number of alkyl halides is 3. The molecule has 0 saturated carbocycles. The Morgan fingerprint density at radius 2 is 1.57 bits per heavy atom. The molecule has 2 aliphatic heterocycles. The van der Waals surface area contributed by atoms with Gasteiger partial charge in [-0.3, -0.25) is 4.79 Å². The molecule has 6 nitrogen and oxygen atoms in total. The second kappa shape index (κ2) is 10.3. The van der Waals surface area contributed by atoms with Crippen LogP contribution in [0.3, 0.4) is 0 Å². The van der Waals surface area contributed by atoms with Crippen LogP contribution in [-0.2, 0) is 10.9 Å². The van der Waals surface area contributed by atoms with E-state index in [-0.39, 0.29) is 36.1 Å². The molecule has 2 bridgehead atoms. The molecule has 0 N–H and O–H groups in total. The Labute approximate surface area is 230 Å². The minimum Gasteiger partial charge on any atom is -0.480 e. The molecule has 2 unspecified atom stereocenters. The van der Waals surface area contributed by atoms with Crippen LogP contribution in [0.15, 0.2) is 60.8 Å². The Bertz CT molecular complexity index is 1400. The number of ether oxygens (including phenoxy) is 2. The van der Waals surface area contributed by atoms with Crippen molar-refractivity contribution in [3.8, 4) is 17.0 Å². The summed E-state index contributed by atoms with van der Waals surface area (Å²) < 4.78 is 51.1. The number of halogens is 3. The number of rotatable bonds is 5. The van der Waals surface area contributed by atoms with Crippen LogP contribution in [0.2, 0.25) is 0 Å². The number of nitrogens with zero attached hydrogens (tertiary/aromatic N) is 2. The molecule has 3 aromatic rings. The summed E-state index contributed by atoms with van der Waals surface area (Å²) in [6.45, 7) is 0.207. The van der Waals surface area contributed by atoms with Crippen molar-refractivity contribution in [3.05, 3.63) is 83.0 Å². The predicted molar refractivity (Wildman–Crippen MR) is 141 cm³/mol. The molecule has 3 aliphatic rings. The van der Waals surface area contributed by atoms with Crippen molar-refractivity contribution in [3.63, 3.8) is 0 Å². The van der Waals surface area contributed by atoms with Gasteiger partial charge in [-0.15, -0.1) is 0 Å². The lowest BCUT2D eigenvalue weighted by Crippen LogP contribution is -2.56. The van der Waals surface area contributed by atoms with Gasteiger partial charge in [0.1, 0.15) is 6.61 Å². The lowest BCUT2D eigenvalue weighted by molar-refractivity contribution is -0.137. The van der Waals surface area contributed by atoms with Gasteiger partial charge in [0.15, 0.2) is 5.78 Å². The number of amides is 1. The van der Waals surface area contributed by atoms with Crippen molar-refractivity contribution in [1.29, 1.82) is 0 Å². The van der Waals surface area contributed by atoms with Gasteiger partial charge in [-0.1, -0.05) is 48.5 Å². The predicted octanol–water partition coefficient (Wildman–Crippen LogP) is 6.87. The SMILES string of the molecule is COc1ncc(C(F)(F)F)cc1C(=O)C1CC2CCCC(C1)N2C(=O)OCC1c2ccccc2-c2ccccc21. The van der Waals surface area contributed by atoms with Crippen molar-refractivity contribution < 1.29 is 32.2 Å². The molecule has 1 amide bonds. The molecule has 208 valence electrons. The average Bonchev–Trinajstić information content (AvgIpc) is 3.27. The van der Waals surface area contributed by atoms with Gasteiger partial charge in [0, 0.05) is 30.1 Å². The minimum absolute atomic E-state index is 0.0591. The minimum atomic E-state index is -4.63. The lowest BCUT2D eigenvalue weighted by atomic mass is 9.76. The van der Waals surface area contributed by atoms with Crippen LogP contribution in [0.4, 0.5) is 18.0 Å². The van der Waals surface area contributed by atoms with Crippen LogP contribution in [0.25, 0.3) is 11.1 Å². The van der Waals surface area contributed by atoms with Gasteiger partial charge in [-0.2, -0.15) is 13.2 Å². The molecule has 9 heteroatoms. The van der Waals surface area contributed by atoms with E-state index in [9.17, 15) is 22.8 Å². The van der Waals surface area contributed by atoms with Crippen LogP contribution in [0.5, 0.6) is 5.88 Å². The Morgan fingerprint density at radius 3 is 2.15 bits per heavy atom. The maximum atomic E-state index is 13.5. The van der Waals surface area contributed by atoms with E-state index in [2.05, 4.69) is 29.2 Å². The van der Waals surface area contributed by atoms with Gasteiger partial charge < -0.3 is 14.4 Å². The van der Waals surface area contributed by atoms with Crippen molar-refractivity contribution >= 4 is 11.9 Å². The fourth-order valence-electron chi connectivity index (χ4n) is 6.73. The van der Waals surface area contributed by atoms with E-state index in [1.165, 1.54) is 7.11 Å². The summed E-state index contributed by atoms with van der Waals surface area (Å²) in [4.78, 5) is 32.4. The van der Waals surface area contributed by atoms with Crippen LogP contribution < -0.4 is 4.74 Å². The number of ketones is 1. The maximum absolute atomic E-state index is 13.5. The topological polar surface area (TPSA) is 68.7 Å². The highest BCUT2D eigenvalue weighted by atomic mass is 19.4. The summed E-state index contributed by atoms with van der Waals surface area (Å²) in [5.41, 5.74) is 3.39. The first-order valence-electron chi connectivity index (χ1n) is 13.5. The average molecular weight is 551 g/mol. The third kappa shape index (κ3) is 4.61. The second-order valence-corrected chi connectivity index (χ2v) is 10.8. The van der Waals surface area contributed by atoms with Crippen molar-refractivity contribution in [2.75, 3.05) is 13.7 Å². The lowest BCUT2D eigenvalue weighted by Gasteiger charge is -2.47. The molecule has 1 aliphatic carbocycles. The largest absolute Gasteiger partial charge is 0.480 e. The van der Waals surface area contributed by atoms with Gasteiger partial charge >= 0.3 is 12.3 Å². The molecule has 2 fully saturated rings. The Hall–Kier alpha value is -3.88. The number of fused-ring (bicyclic) bond motifs is 5. The van der Waals surface area contributed by atoms with E-state index in [1.807, 2.05) is 24.3 Å². The normalized spacial score (nSPS) is 21.9. The number of carbonyl (C=O) groups is 2. The van der Waals surface area contributed by atoms with Gasteiger partial charge in [0.05, 0.1) is 18.2 Å². The molecule has 40 heavy (non-hydrogen) atoms. The zero-order valence-corrected chi connectivity index (χ0v) is 22.0. The fourth-order valence-corrected chi connectivity index (χ4v) is 6.73. The first-order chi connectivity index (χ1) is 19.3. The summed E-state index contributed by atoms with van der Waals surface area (Å²) in [5, 5.41) is 0. The summed E-state index contributed by atoms with van der Waals surface area (Å²) >= 11 is 0. The van der Waals surface area contributed by atoms with E-state index in [0.717, 1.165) is 34.7 Å². The second-order valence-electron chi connectivity index (χ2n) is 10.8. The third-order valence-corrected chi connectivity index (χ3v) is 8.53. The molecule has 0 spiro atoms. The standard InChI is InChI=1S/C31H29F3N2O4/c1-39-29-26(15-19(16-35-29)31(32,33)34)28(37)18-13-20-7-6-8-21(14-18)36(20)30(38)40-17-27-24-11-4-2-9-22(24)23-10-3-5-12-25(23)27/h2-5,9-12,15-16,18,20-21,27H,6-8,13-14,17H2,1H3. The number of pyridine rings is 1. The summed E-state index contributed by atoms with van der Waals surface area (Å²) in [6, 6.07) is 16.7. The summed E-state index contributed by atoms with van der Waals surface area (Å²) in [5.74, 6) is -1.15. The van der Waals surface area contributed by atoms with Crippen molar-refractivity contribution in [2.45, 2.75) is 56.3 Å². The van der Waals surface area contributed by atoms with Crippen LogP contribution in [-0.4, -0.2) is 47.6 Å². The summed E-state index contributed by atoms with van der Waals surface area (Å²) in [6.07, 6.45) is -1.30. The molecule has 0 radical (unpaired) electrons. The Balaban J connectivity index is 1.18. The number of Topliss-reactive ketones (excluding diaryl/α,β-unsaturated/α-hetero) is 1. The third-order valence-electron chi connectivity index (χ3n) is 8.53. The molecular formula is C31H29F3N2O4. The Kier molecular flexibility index (Phi) is 6.76. The van der Waals surface area contributed by atoms with E-state index in [4.69, 9.17) is 9.47 Å². The van der Waals surface area contributed by atoms with E-state index < -0.39 is 29.5 Å². The number of aromatic nitrogens is 1. The van der Waals surface area contributed by atoms with Crippen LogP contribution in [0.1, 0.15) is 65.1 Å². The monoisotopic (exact) mass is 550 g/mol. The smallest absolute Gasteiger partial charge is 0.417 e. The van der Waals surface area contributed by atoms with Gasteiger partial charge in [0.2, 0.25) is 5.88 Å². The zero-order chi connectivity index (χ0) is 28.0. The van der Waals surface area contributed by atoms with Crippen molar-refractivity contribution in [1.82, 2.24) is 9.88 Å². The quantitative estimate of drug-likeness (QED) is 0.324. The van der Waals surface area contributed by atoms with E-state index in [0.29, 0.717) is 31.9 Å². The molecule has 1 aromatic heterocycles. The summed E-state index contributed by atoms with van der Waals surface area (Å²) in [7, 11) is 1.28. The molecule has 2 saturated heterocycles. The van der Waals surface area contributed by atoms with E-state index >= 15 is 0 Å². The van der Waals surface area contributed by atoms with Crippen LogP contribution >= 0.6 is 0 Å². The maximum Gasteiger partial charge on any atom is 0.417 e. The molecule has 6 rings (SSSR count). The van der Waals surface area contributed by atoms with Gasteiger partial charge in [-0.25, -0.2) is 9.78 Å². The number of carbonyl (C=O) groups excluding carboxylic acids is 2. The highest BCUT2D eigenvalue weighted by Gasteiger charge is 2.45. The van der Waals surface area contributed by atoms with Gasteiger partial charge in [-0.05, 0) is 60.4 Å². The molecule has 2 aromatic carbocycles. The Morgan fingerprint density at radius 1 is 0.975 bits per heavy atom. The number of hydrogen-bond donors (Lipinski definition) is 0. The number of methoxy groups -OCH3 is 1. The zero-order valence-electron chi connectivity index (χ0n) is 22.0. The van der Waals surface area contributed by atoms with Crippen molar-refractivity contribution in [2.24, 2.45) is 5.92 Å². The van der Waals surface area contributed by atoms with Gasteiger partial charge in [0.25, 0.3) is 0 Å². The number of piperidine rings is 2. The first-order valence-corrected chi connectivity index (χ1v) is 13.5. The highest BCUT2D eigenvalue weighted by Crippen LogP contribution is 2.45. The first kappa shape index (κ1) is 26.3. The molecular weight excluding hydrogens is 521 g/mol. The molecule has 3 heterocycles.